The van der Waals surface area contributed by atoms with Crippen molar-refractivity contribution in [1.29, 1.82) is 0 Å². The Morgan fingerprint density at radius 2 is 1.90 bits per heavy atom. The number of thioether (sulfide) groups is 1. The molecule has 30 heavy (non-hydrogen) atoms. The van der Waals surface area contributed by atoms with Gasteiger partial charge in [0.2, 0.25) is 5.16 Å². The molecule has 0 saturated heterocycles. The molecule has 0 aliphatic heterocycles. The van der Waals surface area contributed by atoms with E-state index in [0.717, 1.165) is 46.6 Å². The number of halogens is 2. The fourth-order valence-corrected chi connectivity index (χ4v) is 4.21. The van der Waals surface area contributed by atoms with E-state index in [2.05, 4.69) is 20.8 Å². The molecule has 6 nitrogen and oxygen atoms in total. The number of rotatable bonds is 9. The summed E-state index contributed by atoms with van der Waals surface area (Å²) in [5.41, 5.74) is 1.79. The number of tetrazole rings is 1. The molecular formula is C21H19Cl2N5OS. The Morgan fingerprint density at radius 1 is 1.03 bits per heavy atom. The lowest BCUT2D eigenvalue weighted by molar-refractivity contribution is 0.494. The van der Waals surface area contributed by atoms with Gasteiger partial charge in [-0.3, -0.25) is 0 Å². The maximum Gasteiger partial charge on any atom is 0.214 e. The van der Waals surface area contributed by atoms with Crippen LogP contribution >= 0.6 is 35.0 Å². The smallest absolute Gasteiger partial charge is 0.214 e. The van der Waals surface area contributed by atoms with Crippen LogP contribution in [0.1, 0.15) is 12.2 Å². The van der Waals surface area contributed by atoms with Gasteiger partial charge in [-0.15, -0.1) is 5.10 Å². The first-order valence-corrected chi connectivity index (χ1v) is 11.2. The summed E-state index contributed by atoms with van der Waals surface area (Å²) in [5, 5.41) is 17.3. The van der Waals surface area contributed by atoms with Crippen molar-refractivity contribution in [3.05, 3.63) is 76.5 Å². The molecular weight excluding hydrogens is 441 g/mol. The van der Waals surface area contributed by atoms with E-state index in [1.165, 1.54) is 0 Å². The van der Waals surface area contributed by atoms with E-state index in [4.69, 9.17) is 27.6 Å². The van der Waals surface area contributed by atoms with Crippen molar-refractivity contribution in [3.63, 3.8) is 0 Å². The van der Waals surface area contributed by atoms with Crippen LogP contribution < -0.4 is 5.32 Å². The minimum absolute atomic E-state index is 0.575. The summed E-state index contributed by atoms with van der Waals surface area (Å²) in [6.07, 6.45) is 0.975. The highest BCUT2D eigenvalue weighted by Crippen LogP contribution is 2.31. The summed E-state index contributed by atoms with van der Waals surface area (Å²) >= 11 is 13.8. The molecule has 0 atom stereocenters. The molecule has 0 amide bonds. The number of hydrogen-bond acceptors (Lipinski definition) is 6. The van der Waals surface area contributed by atoms with Crippen molar-refractivity contribution >= 4 is 35.0 Å². The second-order valence-corrected chi connectivity index (χ2v) is 8.38. The van der Waals surface area contributed by atoms with Gasteiger partial charge < -0.3 is 9.73 Å². The van der Waals surface area contributed by atoms with Gasteiger partial charge in [0, 0.05) is 16.3 Å². The zero-order valence-corrected chi connectivity index (χ0v) is 18.3. The highest BCUT2D eigenvalue weighted by molar-refractivity contribution is 7.99. The number of benzene rings is 2. The molecule has 0 saturated carbocycles. The van der Waals surface area contributed by atoms with Crippen molar-refractivity contribution in [1.82, 2.24) is 25.5 Å². The van der Waals surface area contributed by atoms with Crippen molar-refractivity contribution < 1.29 is 4.42 Å². The van der Waals surface area contributed by atoms with Gasteiger partial charge >= 0.3 is 0 Å². The highest BCUT2D eigenvalue weighted by atomic mass is 35.5. The Bertz CT molecular complexity index is 1100. The van der Waals surface area contributed by atoms with Crippen molar-refractivity contribution in [3.8, 4) is 17.0 Å². The molecule has 0 spiro atoms. The molecule has 0 unspecified atom stereocenters. The monoisotopic (exact) mass is 459 g/mol. The third kappa shape index (κ3) is 5.23. The van der Waals surface area contributed by atoms with Crippen LogP contribution in [0.5, 0.6) is 0 Å². The maximum atomic E-state index is 6.25. The van der Waals surface area contributed by atoms with E-state index in [1.54, 1.807) is 28.6 Å². The second-order valence-electron chi connectivity index (χ2n) is 6.48. The number of hydrogen-bond donors (Lipinski definition) is 1. The molecule has 0 bridgehead atoms. The molecule has 0 aliphatic rings. The predicted octanol–water partition coefficient (Wildman–Crippen LogP) is 5.50. The number of aromatic nitrogens is 4. The van der Waals surface area contributed by atoms with Crippen molar-refractivity contribution in [2.45, 2.75) is 18.1 Å². The van der Waals surface area contributed by atoms with Gasteiger partial charge in [-0.05, 0) is 65.9 Å². The number of nitrogens with one attached hydrogen (secondary N) is 1. The average Bonchev–Trinajstić information content (AvgIpc) is 3.41. The fraction of sp³-hybridized carbons (Fsp3) is 0.190. The molecule has 0 fully saturated rings. The topological polar surface area (TPSA) is 68.8 Å². The van der Waals surface area contributed by atoms with Gasteiger partial charge in [-0.1, -0.05) is 53.2 Å². The van der Waals surface area contributed by atoms with Gasteiger partial charge in [0.1, 0.15) is 11.5 Å². The van der Waals surface area contributed by atoms with Gasteiger partial charge in [0.15, 0.2) is 0 Å². The first kappa shape index (κ1) is 20.9. The van der Waals surface area contributed by atoms with Crippen LogP contribution in [0.25, 0.3) is 17.0 Å². The number of nitrogens with zero attached hydrogens (tertiary/aromatic N) is 4. The minimum Gasteiger partial charge on any atom is -0.460 e. The predicted molar refractivity (Wildman–Crippen MR) is 120 cm³/mol. The molecule has 4 aromatic rings. The molecule has 2 aromatic carbocycles. The molecule has 154 valence electrons. The van der Waals surface area contributed by atoms with Gasteiger partial charge in [-0.25, -0.2) is 0 Å². The fourth-order valence-electron chi connectivity index (χ4n) is 2.88. The van der Waals surface area contributed by atoms with Crippen LogP contribution in [0.15, 0.2) is 70.2 Å². The SMILES string of the molecule is Clc1ccc(-c2ccc(CNCCCSc3nnnn3-c3ccccc3)o2)c(Cl)c1. The third-order valence-corrected chi connectivity index (χ3v) is 5.88. The molecule has 2 heterocycles. The van der Waals surface area contributed by atoms with Crippen LogP contribution in [0.3, 0.4) is 0 Å². The van der Waals surface area contributed by atoms with E-state index in [-0.39, 0.29) is 0 Å². The van der Waals surface area contributed by atoms with Crippen LogP contribution in [-0.2, 0) is 6.54 Å². The molecule has 9 heteroatoms. The lowest BCUT2D eigenvalue weighted by Crippen LogP contribution is -2.14. The molecule has 0 radical (unpaired) electrons. The summed E-state index contributed by atoms with van der Waals surface area (Å²) < 4.78 is 7.65. The van der Waals surface area contributed by atoms with Gasteiger partial charge in [-0.2, -0.15) is 4.68 Å². The molecule has 1 N–H and O–H groups in total. The molecule has 2 aromatic heterocycles. The third-order valence-electron chi connectivity index (χ3n) is 4.33. The van der Waals surface area contributed by atoms with E-state index in [9.17, 15) is 0 Å². The van der Waals surface area contributed by atoms with Gasteiger partial charge in [0.05, 0.1) is 17.3 Å². The Morgan fingerprint density at radius 3 is 2.73 bits per heavy atom. The average molecular weight is 460 g/mol. The van der Waals surface area contributed by atoms with E-state index < -0.39 is 0 Å². The summed E-state index contributed by atoms with van der Waals surface area (Å²) in [5.74, 6) is 2.50. The lowest BCUT2D eigenvalue weighted by Gasteiger charge is -2.05. The Balaban J connectivity index is 1.22. The zero-order chi connectivity index (χ0) is 20.8. The van der Waals surface area contributed by atoms with Crippen LogP contribution in [0.4, 0.5) is 0 Å². The van der Waals surface area contributed by atoms with Crippen LogP contribution in [0, 0.1) is 0 Å². The molecule has 0 aliphatic carbocycles. The Labute approximate surface area is 188 Å². The Kier molecular flexibility index (Phi) is 7.07. The van der Waals surface area contributed by atoms with E-state index in [0.29, 0.717) is 16.6 Å². The summed E-state index contributed by atoms with van der Waals surface area (Å²) in [6.45, 7) is 1.51. The largest absolute Gasteiger partial charge is 0.460 e. The minimum atomic E-state index is 0.575. The first-order chi connectivity index (χ1) is 14.7. The van der Waals surface area contributed by atoms with E-state index in [1.807, 2.05) is 48.5 Å². The van der Waals surface area contributed by atoms with Crippen LogP contribution in [0.2, 0.25) is 10.0 Å². The lowest BCUT2D eigenvalue weighted by atomic mass is 10.2. The summed E-state index contributed by atoms with van der Waals surface area (Å²) in [4.78, 5) is 0. The second kappa shape index (κ2) is 10.1. The quantitative estimate of drug-likeness (QED) is 0.263. The number of para-hydroxylation sites is 1. The first-order valence-electron chi connectivity index (χ1n) is 9.42. The highest BCUT2D eigenvalue weighted by Gasteiger charge is 2.10. The Hall–Kier alpha value is -2.32. The summed E-state index contributed by atoms with van der Waals surface area (Å²) in [7, 11) is 0. The van der Waals surface area contributed by atoms with Crippen molar-refractivity contribution in [2.75, 3.05) is 12.3 Å². The maximum absolute atomic E-state index is 6.25. The van der Waals surface area contributed by atoms with E-state index >= 15 is 0 Å². The number of furan rings is 1. The molecule has 4 rings (SSSR count). The zero-order valence-electron chi connectivity index (χ0n) is 16.0. The van der Waals surface area contributed by atoms with Crippen molar-refractivity contribution in [2.24, 2.45) is 0 Å². The summed E-state index contributed by atoms with van der Waals surface area (Å²) in [6, 6.07) is 19.1. The van der Waals surface area contributed by atoms with Gasteiger partial charge in [0.25, 0.3) is 0 Å². The van der Waals surface area contributed by atoms with Crippen LogP contribution in [-0.4, -0.2) is 32.5 Å². The standard InChI is InChI=1S/C21H19Cl2N5OS/c22-15-7-9-18(19(23)13-15)20-10-8-17(29-20)14-24-11-4-12-30-21-25-26-27-28(21)16-5-2-1-3-6-16/h1-3,5-10,13,24H,4,11-12,14H2. The normalized spacial score (nSPS) is 11.1.